The number of carbonyl (C=O) groups excluding carboxylic acids is 1. The molecule has 0 aromatic carbocycles. The fourth-order valence-electron chi connectivity index (χ4n) is 2.72. The van der Waals surface area contributed by atoms with Crippen molar-refractivity contribution in [3.8, 4) is 0 Å². The summed E-state index contributed by atoms with van der Waals surface area (Å²) in [5.74, 6) is 0.919. The van der Waals surface area contributed by atoms with Gasteiger partial charge in [-0.3, -0.25) is 4.79 Å². The van der Waals surface area contributed by atoms with Crippen LogP contribution in [0, 0.1) is 5.92 Å². The maximum atomic E-state index is 11.9. The predicted octanol–water partition coefficient (Wildman–Crippen LogP) is 4.89. The molecule has 0 spiro atoms. The summed E-state index contributed by atoms with van der Waals surface area (Å²) in [6.45, 7) is 2.17. The zero-order chi connectivity index (χ0) is 11.6. The SMILES string of the molecule is CCC1CCCCCCCCCCCC1=O. The quantitative estimate of drug-likeness (QED) is 0.620. The molecule has 1 unspecified atom stereocenters. The van der Waals surface area contributed by atoms with Gasteiger partial charge in [-0.25, -0.2) is 0 Å². The summed E-state index contributed by atoms with van der Waals surface area (Å²) in [5, 5.41) is 0. The minimum absolute atomic E-state index is 0.376. The first kappa shape index (κ1) is 13.7. The zero-order valence-electron chi connectivity index (χ0n) is 11.0. The Labute approximate surface area is 101 Å². The third-order valence-corrected chi connectivity index (χ3v) is 3.92. The highest BCUT2D eigenvalue weighted by atomic mass is 16.1. The van der Waals surface area contributed by atoms with Crippen molar-refractivity contribution in [1.82, 2.24) is 0 Å². The first-order valence-corrected chi connectivity index (χ1v) is 7.37. The van der Waals surface area contributed by atoms with Gasteiger partial charge in [-0.2, -0.15) is 0 Å². The fourth-order valence-corrected chi connectivity index (χ4v) is 2.72. The maximum Gasteiger partial charge on any atom is 0.135 e. The van der Waals surface area contributed by atoms with E-state index in [2.05, 4.69) is 6.92 Å². The molecule has 0 aliphatic heterocycles. The van der Waals surface area contributed by atoms with Gasteiger partial charge in [0.25, 0.3) is 0 Å². The van der Waals surface area contributed by atoms with Crippen molar-refractivity contribution in [2.45, 2.75) is 84.0 Å². The molecular formula is C15H28O. The molecule has 0 saturated heterocycles. The van der Waals surface area contributed by atoms with Crippen LogP contribution in [-0.4, -0.2) is 5.78 Å². The normalized spacial score (nSPS) is 26.6. The molecule has 1 fully saturated rings. The Morgan fingerprint density at radius 2 is 1.38 bits per heavy atom. The minimum Gasteiger partial charge on any atom is -0.299 e. The lowest BCUT2D eigenvalue weighted by molar-refractivity contribution is -0.123. The molecule has 0 amide bonds. The molecule has 1 nitrogen and oxygen atoms in total. The van der Waals surface area contributed by atoms with Gasteiger partial charge in [0, 0.05) is 12.3 Å². The average molecular weight is 224 g/mol. The van der Waals surface area contributed by atoms with Gasteiger partial charge in [-0.15, -0.1) is 0 Å². The Balaban J connectivity index is 2.34. The van der Waals surface area contributed by atoms with Gasteiger partial charge in [0.2, 0.25) is 0 Å². The second-order valence-electron chi connectivity index (χ2n) is 5.29. The Bertz CT molecular complexity index is 186. The van der Waals surface area contributed by atoms with E-state index in [1.54, 1.807) is 0 Å². The summed E-state index contributed by atoms with van der Waals surface area (Å²) < 4.78 is 0. The Morgan fingerprint density at radius 1 is 0.875 bits per heavy atom. The van der Waals surface area contributed by atoms with Crippen LogP contribution >= 0.6 is 0 Å². The molecule has 0 aromatic heterocycles. The van der Waals surface area contributed by atoms with Gasteiger partial charge < -0.3 is 0 Å². The van der Waals surface area contributed by atoms with E-state index in [9.17, 15) is 4.79 Å². The van der Waals surface area contributed by atoms with Crippen molar-refractivity contribution in [3.63, 3.8) is 0 Å². The topological polar surface area (TPSA) is 17.1 Å². The van der Waals surface area contributed by atoms with Crippen LogP contribution in [-0.2, 0) is 4.79 Å². The van der Waals surface area contributed by atoms with Gasteiger partial charge in [0.05, 0.1) is 0 Å². The fraction of sp³-hybridized carbons (Fsp3) is 0.933. The first-order valence-electron chi connectivity index (χ1n) is 7.37. The van der Waals surface area contributed by atoms with E-state index < -0.39 is 0 Å². The summed E-state index contributed by atoms with van der Waals surface area (Å²) in [7, 11) is 0. The van der Waals surface area contributed by atoms with Crippen LogP contribution in [0.1, 0.15) is 84.0 Å². The molecule has 1 heteroatoms. The Kier molecular flexibility index (Phi) is 7.54. The zero-order valence-corrected chi connectivity index (χ0v) is 11.0. The van der Waals surface area contributed by atoms with Crippen LogP contribution in [0.15, 0.2) is 0 Å². The van der Waals surface area contributed by atoms with Gasteiger partial charge in [-0.05, 0) is 19.3 Å². The van der Waals surface area contributed by atoms with Crippen LogP contribution in [0.5, 0.6) is 0 Å². The molecular weight excluding hydrogens is 196 g/mol. The number of ketones is 1. The molecule has 16 heavy (non-hydrogen) atoms. The van der Waals surface area contributed by atoms with Crippen LogP contribution in [0.25, 0.3) is 0 Å². The number of carbonyl (C=O) groups is 1. The Morgan fingerprint density at radius 3 is 1.94 bits per heavy atom. The van der Waals surface area contributed by atoms with Gasteiger partial charge >= 0.3 is 0 Å². The number of hydrogen-bond donors (Lipinski definition) is 0. The van der Waals surface area contributed by atoms with E-state index in [0.29, 0.717) is 11.7 Å². The molecule has 1 rings (SSSR count). The highest BCUT2D eigenvalue weighted by Gasteiger charge is 2.15. The van der Waals surface area contributed by atoms with E-state index in [4.69, 9.17) is 0 Å². The molecule has 0 bridgehead atoms. The molecule has 1 atom stereocenters. The lowest BCUT2D eigenvalue weighted by atomic mass is 9.91. The lowest BCUT2D eigenvalue weighted by Gasteiger charge is -2.13. The summed E-state index contributed by atoms with van der Waals surface area (Å²) in [4.78, 5) is 11.9. The largest absolute Gasteiger partial charge is 0.299 e. The minimum atomic E-state index is 0.376. The van der Waals surface area contributed by atoms with Crippen molar-refractivity contribution in [3.05, 3.63) is 0 Å². The maximum absolute atomic E-state index is 11.9. The van der Waals surface area contributed by atoms with Crippen LogP contribution in [0.2, 0.25) is 0 Å². The monoisotopic (exact) mass is 224 g/mol. The molecule has 1 aliphatic rings. The van der Waals surface area contributed by atoms with Crippen molar-refractivity contribution in [2.75, 3.05) is 0 Å². The van der Waals surface area contributed by atoms with Crippen molar-refractivity contribution in [2.24, 2.45) is 5.92 Å². The first-order chi connectivity index (χ1) is 7.84. The smallest absolute Gasteiger partial charge is 0.135 e. The molecule has 0 aromatic rings. The predicted molar refractivity (Wildman–Crippen MR) is 69.6 cm³/mol. The third kappa shape index (κ3) is 5.67. The van der Waals surface area contributed by atoms with Gasteiger partial charge in [-0.1, -0.05) is 58.3 Å². The van der Waals surface area contributed by atoms with E-state index in [0.717, 1.165) is 25.7 Å². The number of Topliss-reactive ketones (excluding diaryl/α,β-unsaturated/α-hetero) is 1. The van der Waals surface area contributed by atoms with Crippen molar-refractivity contribution in [1.29, 1.82) is 0 Å². The second-order valence-corrected chi connectivity index (χ2v) is 5.29. The van der Waals surface area contributed by atoms with Crippen LogP contribution in [0.3, 0.4) is 0 Å². The number of rotatable bonds is 1. The lowest BCUT2D eigenvalue weighted by Crippen LogP contribution is -2.13. The van der Waals surface area contributed by atoms with Crippen molar-refractivity contribution < 1.29 is 4.79 Å². The molecule has 1 saturated carbocycles. The summed E-state index contributed by atoms with van der Waals surface area (Å²) >= 11 is 0. The highest BCUT2D eigenvalue weighted by Crippen LogP contribution is 2.20. The average Bonchev–Trinajstić information content (AvgIpc) is 2.31. The van der Waals surface area contributed by atoms with E-state index >= 15 is 0 Å². The van der Waals surface area contributed by atoms with E-state index in [1.807, 2.05) is 0 Å². The molecule has 0 radical (unpaired) electrons. The second kappa shape index (κ2) is 8.78. The van der Waals surface area contributed by atoms with E-state index in [-0.39, 0.29) is 0 Å². The molecule has 1 aliphatic carbocycles. The Hall–Kier alpha value is -0.330. The highest BCUT2D eigenvalue weighted by molar-refractivity contribution is 5.80. The number of hydrogen-bond acceptors (Lipinski definition) is 1. The molecule has 0 heterocycles. The standard InChI is InChI=1S/C15H28O/c1-2-14-12-10-8-6-4-3-5-7-9-11-13-15(14)16/h14H,2-13H2,1H3. The van der Waals surface area contributed by atoms with Gasteiger partial charge in [0.1, 0.15) is 5.78 Å². The molecule has 94 valence electrons. The summed E-state index contributed by atoms with van der Waals surface area (Å²) in [6.07, 6.45) is 15.0. The van der Waals surface area contributed by atoms with Crippen LogP contribution in [0.4, 0.5) is 0 Å². The molecule has 0 N–H and O–H groups in total. The third-order valence-electron chi connectivity index (χ3n) is 3.92. The van der Waals surface area contributed by atoms with Crippen LogP contribution < -0.4 is 0 Å². The summed E-state index contributed by atoms with van der Waals surface area (Å²) in [6, 6.07) is 0. The van der Waals surface area contributed by atoms with Crippen molar-refractivity contribution >= 4 is 5.78 Å². The summed E-state index contributed by atoms with van der Waals surface area (Å²) in [5.41, 5.74) is 0. The van der Waals surface area contributed by atoms with E-state index in [1.165, 1.54) is 51.4 Å². The van der Waals surface area contributed by atoms with Gasteiger partial charge in [0.15, 0.2) is 0 Å².